The van der Waals surface area contributed by atoms with E-state index in [1.54, 1.807) is 13.0 Å². The molecule has 0 radical (unpaired) electrons. The van der Waals surface area contributed by atoms with Crippen molar-refractivity contribution < 1.29 is 18.3 Å². The minimum absolute atomic E-state index is 0.00769. The van der Waals surface area contributed by atoms with E-state index in [1.165, 1.54) is 18.5 Å². The number of ether oxygens (including phenoxy) is 1. The highest BCUT2D eigenvalue weighted by atomic mass is 19.3. The predicted molar refractivity (Wildman–Crippen MR) is 125 cm³/mol. The van der Waals surface area contributed by atoms with Gasteiger partial charge in [-0.3, -0.25) is 4.79 Å². The number of amides is 1. The normalized spacial score (nSPS) is 22.5. The zero-order valence-corrected chi connectivity index (χ0v) is 19.3. The van der Waals surface area contributed by atoms with Crippen LogP contribution in [0.15, 0.2) is 24.5 Å². The first-order valence-electron chi connectivity index (χ1n) is 11.8. The molecule has 9 heteroatoms. The number of carbonyl (C=O) groups excluding carboxylic acids is 1. The third kappa shape index (κ3) is 4.36. The molecule has 180 valence electrons. The van der Waals surface area contributed by atoms with Crippen LogP contribution in [-0.2, 0) is 0 Å². The molecule has 5 rings (SSSR count). The fourth-order valence-electron chi connectivity index (χ4n) is 4.75. The molecule has 1 amide bonds. The highest BCUT2D eigenvalue weighted by Crippen LogP contribution is 2.38. The number of aryl methyl sites for hydroxylation is 1. The van der Waals surface area contributed by atoms with Gasteiger partial charge in [-0.1, -0.05) is 6.92 Å². The smallest absolute Gasteiger partial charge is 0.263 e. The Morgan fingerprint density at radius 2 is 2.09 bits per heavy atom. The number of nitrogens with two attached hydrogens (primary N) is 1. The SMILES string of the molecule is Cc1[nH]c2c(-c3cc(C(F)F)ccc3OCC3CC3)ncnc2c1C(=O)NC1CC(C)C(N)C1. The van der Waals surface area contributed by atoms with E-state index in [2.05, 4.69) is 27.2 Å². The van der Waals surface area contributed by atoms with E-state index in [4.69, 9.17) is 10.5 Å². The van der Waals surface area contributed by atoms with E-state index in [-0.39, 0.29) is 23.6 Å². The van der Waals surface area contributed by atoms with Crippen molar-refractivity contribution in [1.82, 2.24) is 20.3 Å². The Labute approximate surface area is 196 Å². The van der Waals surface area contributed by atoms with Crippen LogP contribution in [0, 0.1) is 18.8 Å². The molecule has 2 fully saturated rings. The zero-order chi connectivity index (χ0) is 24.0. The molecule has 0 spiro atoms. The van der Waals surface area contributed by atoms with Crippen molar-refractivity contribution in [3.05, 3.63) is 41.3 Å². The van der Waals surface area contributed by atoms with Gasteiger partial charge in [-0.15, -0.1) is 0 Å². The number of aromatic nitrogens is 3. The second kappa shape index (κ2) is 8.94. The molecule has 4 N–H and O–H groups in total. The minimum Gasteiger partial charge on any atom is -0.493 e. The quantitative estimate of drug-likeness (QED) is 0.472. The number of hydrogen-bond acceptors (Lipinski definition) is 5. The van der Waals surface area contributed by atoms with Gasteiger partial charge in [-0.05, 0) is 62.6 Å². The van der Waals surface area contributed by atoms with Gasteiger partial charge in [0, 0.05) is 28.9 Å². The summed E-state index contributed by atoms with van der Waals surface area (Å²) in [6.45, 7) is 4.42. The molecule has 2 saturated carbocycles. The van der Waals surface area contributed by atoms with Crippen molar-refractivity contribution in [3.63, 3.8) is 0 Å². The summed E-state index contributed by atoms with van der Waals surface area (Å²) in [4.78, 5) is 25.2. The molecule has 0 saturated heterocycles. The van der Waals surface area contributed by atoms with Crippen LogP contribution in [0.1, 0.15) is 60.6 Å². The number of alkyl halides is 2. The van der Waals surface area contributed by atoms with Crippen molar-refractivity contribution in [2.24, 2.45) is 17.6 Å². The predicted octanol–water partition coefficient (Wildman–Crippen LogP) is 4.52. The summed E-state index contributed by atoms with van der Waals surface area (Å²) in [6, 6.07) is 4.43. The number of H-pyrrole nitrogens is 1. The maximum Gasteiger partial charge on any atom is 0.263 e. The Bertz CT molecular complexity index is 1210. The van der Waals surface area contributed by atoms with Crippen LogP contribution in [0.3, 0.4) is 0 Å². The molecule has 7 nitrogen and oxygen atoms in total. The van der Waals surface area contributed by atoms with Gasteiger partial charge >= 0.3 is 0 Å². The lowest BCUT2D eigenvalue weighted by Crippen LogP contribution is -2.34. The summed E-state index contributed by atoms with van der Waals surface area (Å²) in [7, 11) is 0. The molecule has 3 aromatic rings. The van der Waals surface area contributed by atoms with Gasteiger partial charge in [0.1, 0.15) is 23.3 Å². The molecule has 1 aromatic carbocycles. The molecule has 2 heterocycles. The summed E-state index contributed by atoms with van der Waals surface area (Å²) >= 11 is 0. The molecule has 2 aromatic heterocycles. The third-order valence-electron chi connectivity index (χ3n) is 6.96. The molecular formula is C25H29F2N5O2. The highest BCUT2D eigenvalue weighted by Gasteiger charge is 2.31. The lowest BCUT2D eigenvalue weighted by atomic mass is 10.0. The lowest BCUT2D eigenvalue weighted by Gasteiger charge is -2.14. The second-order valence-corrected chi connectivity index (χ2v) is 9.66. The first-order valence-corrected chi connectivity index (χ1v) is 11.8. The summed E-state index contributed by atoms with van der Waals surface area (Å²) in [5.74, 6) is 1.11. The molecule has 2 aliphatic carbocycles. The molecule has 0 aliphatic heterocycles. The Morgan fingerprint density at radius 1 is 1.29 bits per heavy atom. The molecule has 2 aliphatic rings. The summed E-state index contributed by atoms with van der Waals surface area (Å²) in [6.07, 6.45) is 2.52. The monoisotopic (exact) mass is 469 g/mol. The highest BCUT2D eigenvalue weighted by molar-refractivity contribution is 6.09. The Hall–Kier alpha value is -3.07. The van der Waals surface area contributed by atoms with E-state index in [9.17, 15) is 13.6 Å². The van der Waals surface area contributed by atoms with Crippen LogP contribution < -0.4 is 15.8 Å². The van der Waals surface area contributed by atoms with E-state index >= 15 is 0 Å². The van der Waals surface area contributed by atoms with Gasteiger partial charge in [0.15, 0.2) is 0 Å². The van der Waals surface area contributed by atoms with Crippen molar-refractivity contribution in [2.45, 2.75) is 58.0 Å². The minimum atomic E-state index is -2.62. The van der Waals surface area contributed by atoms with Crippen LogP contribution >= 0.6 is 0 Å². The van der Waals surface area contributed by atoms with E-state index < -0.39 is 6.43 Å². The number of rotatable bonds is 7. The Kier molecular flexibility index (Phi) is 5.97. The maximum atomic E-state index is 13.5. The number of halogens is 2. The first kappa shape index (κ1) is 22.7. The van der Waals surface area contributed by atoms with Crippen LogP contribution in [0.25, 0.3) is 22.3 Å². The Morgan fingerprint density at radius 3 is 2.76 bits per heavy atom. The van der Waals surface area contributed by atoms with E-state index in [0.717, 1.165) is 25.7 Å². The van der Waals surface area contributed by atoms with Gasteiger partial charge in [-0.2, -0.15) is 0 Å². The molecule has 3 atom stereocenters. The summed E-state index contributed by atoms with van der Waals surface area (Å²) in [5.41, 5.74) is 8.91. The Balaban J connectivity index is 1.53. The average Bonchev–Trinajstić information content (AvgIpc) is 3.49. The van der Waals surface area contributed by atoms with Gasteiger partial charge in [0.05, 0.1) is 17.7 Å². The zero-order valence-electron chi connectivity index (χ0n) is 19.3. The van der Waals surface area contributed by atoms with Crippen LogP contribution in [0.4, 0.5) is 8.78 Å². The van der Waals surface area contributed by atoms with Gasteiger partial charge in [-0.25, -0.2) is 18.7 Å². The molecule has 0 bridgehead atoms. The topological polar surface area (TPSA) is 106 Å². The fourth-order valence-corrected chi connectivity index (χ4v) is 4.75. The lowest BCUT2D eigenvalue weighted by molar-refractivity contribution is 0.0938. The van der Waals surface area contributed by atoms with Crippen molar-refractivity contribution in [3.8, 4) is 17.0 Å². The summed E-state index contributed by atoms with van der Waals surface area (Å²) in [5, 5.41) is 3.09. The van der Waals surface area contributed by atoms with Gasteiger partial charge < -0.3 is 20.8 Å². The van der Waals surface area contributed by atoms with Crippen molar-refractivity contribution >= 4 is 16.9 Å². The van der Waals surface area contributed by atoms with Gasteiger partial charge in [0.25, 0.3) is 12.3 Å². The number of fused-ring (bicyclic) bond motifs is 1. The van der Waals surface area contributed by atoms with E-state index in [0.29, 0.717) is 57.7 Å². The molecule has 34 heavy (non-hydrogen) atoms. The average molecular weight is 470 g/mol. The van der Waals surface area contributed by atoms with Gasteiger partial charge in [0.2, 0.25) is 0 Å². The van der Waals surface area contributed by atoms with Crippen LogP contribution in [0.2, 0.25) is 0 Å². The van der Waals surface area contributed by atoms with E-state index in [1.807, 2.05) is 0 Å². The molecule has 3 unspecified atom stereocenters. The number of aromatic amines is 1. The second-order valence-electron chi connectivity index (χ2n) is 9.66. The number of carbonyl (C=O) groups is 1. The maximum absolute atomic E-state index is 13.5. The number of nitrogens with zero attached hydrogens (tertiary/aromatic N) is 2. The largest absolute Gasteiger partial charge is 0.493 e. The first-order chi connectivity index (χ1) is 16.3. The van der Waals surface area contributed by atoms with Crippen LogP contribution in [0.5, 0.6) is 5.75 Å². The van der Waals surface area contributed by atoms with Crippen molar-refractivity contribution in [2.75, 3.05) is 6.61 Å². The number of nitrogens with one attached hydrogen (secondary N) is 2. The van der Waals surface area contributed by atoms with Crippen LogP contribution in [-0.4, -0.2) is 39.5 Å². The fraction of sp³-hybridized carbons (Fsp3) is 0.480. The standard InChI is InChI=1S/C25H29F2N5O2/c1-12-7-16(9-18(12)28)32-25(33)20-13(2)31-23-21(29-11-30-22(20)23)17-8-15(24(26)27)5-6-19(17)34-10-14-3-4-14/h5-6,8,11-12,14,16,18,24,31H,3-4,7,9-10,28H2,1-2H3,(H,32,33). The summed E-state index contributed by atoms with van der Waals surface area (Å²) < 4.78 is 33.0. The number of hydrogen-bond donors (Lipinski definition) is 3. The molecular weight excluding hydrogens is 440 g/mol. The van der Waals surface area contributed by atoms with Crippen molar-refractivity contribution in [1.29, 1.82) is 0 Å². The number of benzene rings is 1. The third-order valence-corrected chi connectivity index (χ3v) is 6.96.